The molecule has 0 aromatic heterocycles. The lowest BCUT2D eigenvalue weighted by molar-refractivity contribution is -0.157. The molecule has 0 aliphatic carbocycles. The fraction of sp³-hybridized carbons (Fsp3) is 0.817. The molecule has 11 amide bonds. The van der Waals surface area contributed by atoms with E-state index in [9.17, 15) is 29.4 Å². The molecule has 558 valence electrons. The van der Waals surface area contributed by atoms with Crippen LogP contribution in [0.5, 0.6) is 0 Å². The second kappa shape index (κ2) is 41.0. The van der Waals surface area contributed by atoms with Crippen molar-refractivity contribution in [2.24, 2.45) is 35.5 Å². The number of amides is 11. The number of unbranched alkanes of at least 4 members (excludes halogenated alkanes) is 1. The van der Waals surface area contributed by atoms with Gasteiger partial charge in [0.25, 0.3) is 5.91 Å². The van der Waals surface area contributed by atoms with Crippen LogP contribution in [-0.4, -0.2) is 266 Å². The maximum atomic E-state index is 15.5. The van der Waals surface area contributed by atoms with Crippen molar-refractivity contribution in [1.82, 2.24) is 60.5 Å². The summed E-state index contributed by atoms with van der Waals surface area (Å²) in [6.07, 6.45) is 3.72. The molecule has 1 aliphatic heterocycles. The highest BCUT2D eigenvalue weighted by molar-refractivity contribution is 8.00. The minimum atomic E-state index is -1.66. The van der Waals surface area contributed by atoms with E-state index in [4.69, 9.17) is 0 Å². The van der Waals surface area contributed by atoms with E-state index in [1.165, 1.54) is 102 Å². The largest absolute Gasteiger partial charge is 0.390 e. The van der Waals surface area contributed by atoms with Crippen molar-refractivity contribution in [2.45, 2.75) is 273 Å². The van der Waals surface area contributed by atoms with Crippen LogP contribution in [0.2, 0.25) is 0 Å². The van der Waals surface area contributed by atoms with Gasteiger partial charge in [-0.2, -0.15) is 0 Å². The van der Waals surface area contributed by atoms with Crippen LogP contribution in [-0.2, 0) is 52.7 Å². The molecule has 0 saturated carbocycles. The van der Waals surface area contributed by atoms with Gasteiger partial charge in [0.05, 0.1) is 11.7 Å². The van der Waals surface area contributed by atoms with Gasteiger partial charge in [0.15, 0.2) is 5.37 Å². The third kappa shape index (κ3) is 26.3. The van der Waals surface area contributed by atoms with E-state index in [2.05, 4.69) is 46.9 Å². The minimum absolute atomic E-state index is 0.0279. The Balaban J connectivity index is 4.59. The number of hydrogen-bond acceptors (Lipinski definition) is 15. The molecule has 0 aromatic carbocycles. The Bertz CT molecular complexity index is 2630. The van der Waals surface area contributed by atoms with Crippen LogP contribution in [0.3, 0.4) is 0 Å². The van der Waals surface area contributed by atoms with E-state index in [0.29, 0.717) is 12.2 Å². The summed E-state index contributed by atoms with van der Waals surface area (Å²) in [5, 5.41) is 33.5. The van der Waals surface area contributed by atoms with E-state index in [1.54, 1.807) is 54.5 Å². The number of aliphatic hydroxyl groups excluding tert-OH is 1. The standard InChI is InChI=1S/C71H130N12O13S/c1-28-31-34-47(16)58(84)57-62(88)74-50(29-2)64(90)82(27)70(97-36-33-32-35-83(30-3)46(14)15)69(95)79(24)54(40-71(19,20)96)61(87)75-55(44(10)11)67(93)76(21)51(37-41(4)5)60(86)72-48(17)59(85)73-49(18)63(89)77(22)52(38-42(6)7)65(91)78(23)53(39-43(8)9)66(92)80(25)56(45(12)13)68(94)81(57)26/h28,31,41-58,70,84,96H,29-30,32-40H2,1-27H3,(H,72,86)(H,73,85)(H,74,88)(H,75,87)/b31-28+/t47-,48+,49-,50+,51+,52+,53+,54+,55+,56+,57+,58-,70-/m1/s1. The van der Waals surface area contributed by atoms with Crippen LogP contribution >= 0.6 is 11.8 Å². The number of nitrogens with zero attached hydrogens (tertiary/aromatic N) is 8. The van der Waals surface area contributed by atoms with Crippen molar-refractivity contribution < 1.29 is 63.0 Å². The van der Waals surface area contributed by atoms with Crippen LogP contribution < -0.4 is 21.3 Å². The van der Waals surface area contributed by atoms with Crippen LogP contribution in [0.25, 0.3) is 0 Å². The van der Waals surface area contributed by atoms with Gasteiger partial charge in [-0.15, -0.1) is 11.8 Å². The van der Waals surface area contributed by atoms with Gasteiger partial charge in [0.1, 0.15) is 60.4 Å². The monoisotopic (exact) mass is 1390 g/mol. The van der Waals surface area contributed by atoms with E-state index in [1.807, 2.05) is 47.6 Å². The molecule has 26 heteroatoms. The molecule has 97 heavy (non-hydrogen) atoms. The first-order valence-electron chi connectivity index (χ1n) is 35.2. The first-order chi connectivity index (χ1) is 44.8. The van der Waals surface area contributed by atoms with E-state index >= 15 is 33.6 Å². The van der Waals surface area contributed by atoms with Crippen LogP contribution in [0, 0.1) is 35.5 Å². The van der Waals surface area contributed by atoms with Crippen LogP contribution in [0.1, 0.15) is 190 Å². The first kappa shape index (κ1) is 89.2. The molecule has 0 aromatic rings. The quantitative estimate of drug-likeness (QED) is 0.0583. The number of likely N-dealkylation sites (N-methyl/N-ethyl adjacent to an activating group) is 7. The van der Waals surface area contributed by atoms with Crippen molar-refractivity contribution in [1.29, 1.82) is 0 Å². The van der Waals surface area contributed by atoms with Gasteiger partial charge in [-0.25, -0.2) is 0 Å². The molecule has 0 unspecified atom stereocenters. The molecule has 1 aliphatic rings. The lowest BCUT2D eigenvalue weighted by Crippen LogP contribution is -2.64. The summed E-state index contributed by atoms with van der Waals surface area (Å²) in [5.41, 5.74) is -1.59. The Labute approximate surface area is 586 Å². The van der Waals surface area contributed by atoms with Crippen molar-refractivity contribution in [3.05, 3.63) is 12.2 Å². The van der Waals surface area contributed by atoms with Gasteiger partial charge in [-0.3, -0.25) is 52.7 Å². The summed E-state index contributed by atoms with van der Waals surface area (Å²) in [4.78, 5) is 175. The Morgan fingerprint density at radius 3 is 1.44 bits per heavy atom. The number of nitrogens with one attached hydrogen (secondary N) is 4. The molecule has 0 radical (unpaired) electrons. The highest BCUT2D eigenvalue weighted by atomic mass is 32.2. The number of rotatable bonds is 23. The van der Waals surface area contributed by atoms with Crippen LogP contribution in [0.4, 0.5) is 0 Å². The molecule has 1 heterocycles. The minimum Gasteiger partial charge on any atom is -0.390 e. The lowest BCUT2D eigenvalue weighted by Gasteiger charge is -2.41. The van der Waals surface area contributed by atoms with E-state index in [0.717, 1.165) is 41.1 Å². The maximum Gasteiger partial charge on any atom is 0.256 e. The molecule has 25 nitrogen and oxygen atoms in total. The number of hydrogen-bond donors (Lipinski definition) is 6. The second-order valence-corrected chi connectivity index (χ2v) is 31.0. The zero-order chi connectivity index (χ0) is 75.2. The van der Waals surface area contributed by atoms with Gasteiger partial charge in [0.2, 0.25) is 59.1 Å². The van der Waals surface area contributed by atoms with Crippen molar-refractivity contribution in [2.75, 3.05) is 68.2 Å². The fourth-order valence-corrected chi connectivity index (χ4v) is 13.5. The second-order valence-electron chi connectivity index (χ2n) is 29.8. The molecule has 0 bridgehead atoms. The topological polar surface area (TPSA) is 302 Å². The molecule has 0 spiro atoms. The molecule has 1 rings (SSSR count). The van der Waals surface area contributed by atoms with Crippen molar-refractivity contribution in [3.8, 4) is 0 Å². The third-order valence-electron chi connectivity index (χ3n) is 18.4. The molecule has 13 atom stereocenters. The predicted molar refractivity (Wildman–Crippen MR) is 383 cm³/mol. The van der Waals surface area contributed by atoms with Gasteiger partial charge >= 0.3 is 0 Å². The third-order valence-corrected chi connectivity index (χ3v) is 19.8. The van der Waals surface area contributed by atoms with Crippen LogP contribution in [0.15, 0.2) is 12.2 Å². The average molecular weight is 1390 g/mol. The van der Waals surface area contributed by atoms with Gasteiger partial charge in [-0.05, 0) is 148 Å². The summed E-state index contributed by atoms with van der Waals surface area (Å²) < 4.78 is 0. The zero-order valence-electron chi connectivity index (χ0n) is 64.3. The van der Waals surface area contributed by atoms with E-state index < -0.39 is 160 Å². The average Bonchev–Trinajstić information content (AvgIpc) is 0.810. The molecule has 1 fully saturated rings. The van der Waals surface area contributed by atoms with Gasteiger partial charge < -0.3 is 70.7 Å². The Hall–Kier alpha value is -5.86. The number of carbonyl (C=O) groups is 11. The number of allylic oxidation sites excluding steroid dienone is 2. The summed E-state index contributed by atoms with van der Waals surface area (Å²) in [7, 11) is 9.90. The highest BCUT2D eigenvalue weighted by Crippen LogP contribution is 2.28. The van der Waals surface area contributed by atoms with Crippen molar-refractivity contribution in [3.63, 3.8) is 0 Å². The summed E-state index contributed by atoms with van der Waals surface area (Å²) in [5.74, 6) is -9.91. The molecule has 6 N–H and O–H groups in total. The highest BCUT2D eigenvalue weighted by Gasteiger charge is 2.47. The maximum absolute atomic E-state index is 15.5. The molecular weight excluding hydrogens is 1260 g/mol. The van der Waals surface area contributed by atoms with E-state index in [-0.39, 0.29) is 62.3 Å². The fourth-order valence-electron chi connectivity index (χ4n) is 12.3. The summed E-state index contributed by atoms with van der Waals surface area (Å²) in [6, 6.07) is -12.8. The Morgan fingerprint density at radius 2 is 0.979 bits per heavy atom. The SMILES string of the molecule is C/C=C/C[C@@H](C)[C@@H](O)[C@H]1C(=O)N[C@@H](CC)C(=O)N(C)[C@H](SCCCCN(CC)C(C)C)C(=O)N(C)[C@@H](CC(C)(C)O)C(=O)N[C@@H](C(C)C)C(=O)N(C)[C@@H](CC(C)C)C(=O)N[C@@H](C)C(=O)N[C@H](C)C(=O)N(C)[C@@H](CC(C)C)C(=O)N(C)[C@@H](CC(C)C)C(=O)N(C)[C@@H](C(C)C)C(=O)N1C. The normalized spacial score (nSPS) is 26.1. The number of aliphatic hydroxyl groups is 2. The summed E-state index contributed by atoms with van der Waals surface area (Å²) >= 11 is 1.15. The molecular formula is C71H130N12O13S. The Morgan fingerprint density at radius 1 is 0.515 bits per heavy atom. The smallest absolute Gasteiger partial charge is 0.256 e. The van der Waals surface area contributed by atoms with Gasteiger partial charge in [0, 0.05) is 61.8 Å². The lowest BCUT2D eigenvalue weighted by atomic mass is 9.91. The summed E-state index contributed by atoms with van der Waals surface area (Å²) in [6.45, 7) is 36.9. The first-order valence-corrected chi connectivity index (χ1v) is 36.3. The number of thioether (sulfide) groups is 1. The Kier molecular flexibility index (Phi) is 37.7. The van der Waals surface area contributed by atoms with Crippen molar-refractivity contribution >= 4 is 76.7 Å². The van der Waals surface area contributed by atoms with Gasteiger partial charge in [-0.1, -0.05) is 102 Å². The predicted octanol–water partition coefficient (Wildman–Crippen LogP) is 4.95. The zero-order valence-corrected chi connectivity index (χ0v) is 65.1. The number of carbonyl (C=O) groups excluding carboxylic acids is 11. The molecule has 1 saturated heterocycles.